The Hall–Kier alpha value is -3.81. The summed E-state index contributed by atoms with van der Waals surface area (Å²) in [7, 11) is 2.92. The van der Waals surface area contributed by atoms with E-state index in [1.165, 1.54) is 7.11 Å². The summed E-state index contributed by atoms with van der Waals surface area (Å²) in [5, 5.41) is 5.51. The number of hydrogen-bond donors (Lipinski definition) is 2. The Kier molecular flexibility index (Phi) is 6.69. The maximum atomic E-state index is 12.2. The molecule has 0 spiro atoms. The summed E-state index contributed by atoms with van der Waals surface area (Å²) in [6.07, 6.45) is 2.08. The molecule has 0 radical (unpaired) electrons. The van der Waals surface area contributed by atoms with Crippen LogP contribution < -0.4 is 15.4 Å². The Morgan fingerprint density at radius 2 is 1.87 bits per heavy atom. The number of aryl methyl sites for hydroxylation is 1. The van der Waals surface area contributed by atoms with Crippen molar-refractivity contribution in [3.63, 3.8) is 0 Å². The number of anilines is 1. The molecule has 156 valence electrons. The lowest BCUT2D eigenvalue weighted by molar-refractivity contribution is 0.0600. The van der Waals surface area contributed by atoms with Gasteiger partial charge in [-0.05, 0) is 48.9 Å². The highest BCUT2D eigenvalue weighted by Crippen LogP contribution is 2.22. The molecule has 0 fully saturated rings. The smallest absolute Gasteiger partial charge is 0.337 e. The Bertz CT molecular complexity index is 1030. The monoisotopic (exact) mass is 409 g/mol. The number of urea groups is 1. The zero-order valence-electron chi connectivity index (χ0n) is 17.0. The first-order valence-electron chi connectivity index (χ1n) is 9.33. The van der Waals surface area contributed by atoms with Gasteiger partial charge in [0.05, 0.1) is 25.5 Å². The van der Waals surface area contributed by atoms with Crippen LogP contribution in [0.5, 0.6) is 5.75 Å². The van der Waals surface area contributed by atoms with Gasteiger partial charge in [0, 0.05) is 24.2 Å². The Morgan fingerprint density at radius 1 is 1.10 bits per heavy atom. The lowest BCUT2D eigenvalue weighted by atomic mass is 10.1. The second-order valence-corrected chi connectivity index (χ2v) is 6.52. The van der Waals surface area contributed by atoms with E-state index < -0.39 is 5.97 Å². The van der Waals surface area contributed by atoms with Crippen LogP contribution in [0, 0.1) is 6.92 Å². The molecule has 0 atom stereocenters. The van der Waals surface area contributed by atoms with Crippen LogP contribution in [0.4, 0.5) is 10.5 Å². The molecule has 1 heterocycles. The van der Waals surface area contributed by atoms with Crippen molar-refractivity contribution in [1.29, 1.82) is 0 Å². The van der Waals surface area contributed by atoms with Crippen LogP contribution in [-0.2, 0) is 11.2 Å². The molecule has 3 rings (SSSR count). The number of methoxy groups -OCH3 is 2. The van der Waals surface area contributed by atoms with Crippen molar-refractivity contribution in [2.45, 2.75) is 13.3 Å². The molecule has 0 aliphatic heterocycles. The number of carbonyl (C=O) groups excluding carboxylic acids is 2. The quantitative estimate of drug-likeness (QED) is 0.575. The van der Waals surface area contributed by atoms with Gasteiger partial charge in [-0.3, -0.25) is 0 Å². The van der Waals surface area contributed by atoms with Gasteiger partial charge in [0.15, 0.2) is 0 Å². The third-order valence-corrected chi connectivity index (χ3v) is 4.46. The van der Waals surface area contributed by atoms with Gasteiger partial charge in [-0.25, -0.2) is 14.6 Å². The van der Waals surface area contributed by atoms with Gasteiger partial charge in [-0.1, -0.05) is 6.07 Å². The number of amides is 2. The molecule has 2 amide bonds. The van der Waals surface area contributed by atoms with E-state index in [9.17, 15) is 9.59 Å². The molecule has 0 aliphatic carbocycles. The summed E-state index contributed by atoms with van der Waals surface area (Å²) in [4.78, 5) is 28.3. The molecule has 3 aromatic rings. The maximum absolute atomic E-state index is 12.2. The van der Waals surface area contributed by atoms with Gasteiger partial charge >= 0.3 is 12.0 Å². The normalized spacial score (nSPS) is 10.4. The lowest BCUT2D eigenvalue weighted by Crippen LogP contribution is -2.30. The van der Waals surface area contributed by atoms with Crippen LogP contribution in [-0.4, -0.2) is 37.7 Å². The molecule has 0 unspecified atom stereocenters. The van der Waals surface area contributed by atoms with Crippen molar-refractivity contribution in [2.75, 3.05) is 26.1 Å². The molecular formula is C22H23N3O5. The fraction of sp³-hybridized carbons (Fsp3) is 0.227. The fourth-order valence-electron chi connectivity index (χ4n) is 2.76. The molecule has 0 saturated heterocycles. The molecule has 2 aromatic carbocycles. The van der Waals surface area contributed by atoms with E-state index in [1.54, 1.807) is 31.6 Å². The second-order valence-electron chi connectivity index (χ2n) is 6.52. The van der Waals surface area contributed by atoms with E-state index in [0.717, 1.165) is 22.6 Å². The van der Waals surface area contributed by atoms with Crippen molar-refractivity contribution in [2.24, 2.45) is 0 Å². The molecule has 1 aromatic heterocycles. The van der Waals surface area contributed by atoms with Gasteiger partial charge < -0.3 is 24.5 Å². The molecule has 8 nitrogen and oxygen atoms in total. The minimum Gasteiger partial charge on any atom is -0.497 e. The zero-order chi connectivity index (χ0) is 21.5. The molecule has 30 heavy (non-hydrogen) atoms. The minimum absolute atomic E-state index is 0.368. The van der Waals surface area contributed by atoms with Crippen molar-refractivity contribution >= 4 is 17.7 Å². The zero-order valence-corrected chi connectivity index (χ0v) is 17.0. The van der Waals surface area contributed by atoms with Crippen LogP contribution in [0.3, 0.4) is 0 Å². The Balaban J connectivity index is 1.52. The molecule has 2 N–H and O–H groups in total. The topological polar surface area (TPSA) is 103 Å². The first-order chi connectivity index (χ1) is 14.5. The average molecular weight is 409 g/mol. The predicted molar refractivity (Wildman–Crippen MR) is 112 cm³/mol. The fourth-order valence-corrected chi connectivity index (χ4v) is 2.76. The summed E-state index contributed by atoms with van der Waals surface area (Å²) < 4.78 is 15.4. The summed E-state index contributed by atoms with van der Waals surface area (Å²) in [6, 6.07) is 12.0. The van der Waals surface area contributed by atoms with Crippen LogP contribution in [0.25, 0.3) is 11.5 Å². The average Bonchev–Trinajstić information content (AvgIpc) is 3.23. The van der Waals surface area contributed by atoms with Crippen molar-refractivity contribution in [1.82, 2.24) is 10.3 Å². The lowest BCUT2D eigenvalue weighted by Gasteiger charge is -2.11. The van der Waals surface area contributed by atoms with E-state index in [2.05, 4.69) is 15.6 Å². The molecule has 8 heteroatoms. The van der Waals surface area contributed by atoms with Gasteiger partial charge in [0.1, 0.15) is 12.0 Å². The molecular weight excluding hydrogens is 386 g/mol. The van der Waals surface area contributed by atoms with Crippen LogP contribution in [0.1, 0.15) is 21.6 Å². The van der Waals surface area contributed by atoms with Crippen molar-refractivity contribution in [3.05, 3.63) is 65.5 Å². The van der Waals surface area contributed by atoms with E-state index in [0.29, 0.717) is 30.1 Å². The number of aromatic nitrogens is 1. The number of benzene rings is 2. The first-order valence-corrected chi connectivity index (χ1v) is 9.33. The van der Waals surface area contributed by atoms with Gasteiger partial charge in [0.25, 0.3) is 0 Å². The number of ether oxygens (including phenoxy) is 2. The summed E-state index contributed by atoms with van der Waals surface area (Å²) in [5.41, 5.74) is 3.31. The largest absolute Gasteiger partial charge is 0.497 e. The standard InChI is InChI=1S/C22H23N3O5/c1-14-4-5-16(21(26)29-3)12-19(14)25-22(27)23-11-10-17-13-30-20(24-17)15-6-8-18(28-2)9-7-15/h4-9,12-13H,10-11H2,1-3H3,(H2,23,25,27). The molecule has 0 saturated carbocycles. The van der Waals surface area contributed by atoms with Crippen LogP contribution >= 0.6 is 0 Å². The summed E-state index contributed by atoms with van der Waals surface area (Å²) >= 11 is 0. The molecule has 0 bridgehead atoms. The number of oxazole rings is 1. The minimum atomic E-state index is -0.461. The van der Waals surface area contributed by atoms with Crippen LogP contribution in [0.15, 0.2) is 53.1 Å². The van der Waals surface area contributed by atoms with Crippen molar-refractivity contribution < 1.29 is 23.5 Å². The number of carbonyl (C=O) groups is 2. The van der Waals surface area contributed by atoms with Crippen molar-refractivity contribution in [3.8, 4) is 17.2 Å². The number of hydrogen-bond acceptors (Lipinski definition) is 6. The number of rotatable bonds is 7. The number of esters is 1. The number of nitrogens with one attached hydrogen (secondary N) is 2. The summed E-state index contributed by atoms with van der Waals surface area (Å²) in [5.74, 6) is 0.803. The van der Waals surface area contributed by atoms with E-state index in [-0.39, 0.29) is 6.03 Å². The first kappa shape index (κ1) is 20.9. The molecule has 0 aliphatic rings. The Morgan fingerprint density at radius 3 is 2.57 bits per heavy atom. The highest BCUT2D eigenvalue weighted by molar-refractivity contribution is 5.94. The van der Waals surface area contributed by atoms with Crippen LogP contribution in [0.2, 0.25) is 0 Å². The summed E-state index contributed by atoms with van der Waals surface area (Å²) in [6.45, 7) is 2.21. The predicted octanol–water partition coefficient (Wildman–Crippen LogP) is 3.81. The third-order valence-electron chi connectivity index (χ3n) is 4.46. The Labute approximate surface area is 174 Å². The third kappa shape index (κ3) is 5.16. The highest BCUT2D eigenvalue weighted by Gasteiger charge is 2.11. The van der Waals surface area contributed by atoms with Gasteiger partial charge in [-0.2, -0.15) is 0 Å². The number of nitrogens with zero attached hydrogens (tertiary/aromatic N) is 1. The maximum Gasteiger partial charge on any atom is 0.337 e. The van der Waals surface area contributed by atoms with Gasteiger partial charge in [-0.15, -0.1) is 0 Å². The van der Waals surface area contributed by atoms with E-state index >= 15 is 0 Å². The van der Waals surface area contributed by atoms with Gasteiger partial charge in [0.2, 0.25) is 5.89 Å². The SMILES string of the molecule is COC(=O)c1ccc(C)c(NC(=O)NCCc2coc(-c3ccc(OC)cc3)n2)c1. The highest BCUT2D eigenvalue weighted by atomic mass is 16.5. The van der Waals surface area contributed by atoms with E-state index in [4.69, 9.17) is 13.9 Å². The second kappa shape index (κ2) is 9.60. The van der Waals surface area contributed by atoms with E-state index in [1.807, 2.05) is 31.2 Å².